The first-order chi connectivity index (χ1) is 15.0. The molecule has 0 radical (unpaired) electrons. The molecule has 4 rings (SSSR count). The molecule has 1 aliphatic heterocycles. The van der Waals surface area contributed by atoms with Gasteiger partial charge in [-0.15, -0.1) is 10.2 Å². The van der Waals surface area contributed by atoms with Gasteiger partial charge in [-0.2, -0.15) is 4.80 Å². The summed E-state index contributed by atoms with van der Waals surface area (Å²) in [5, 5.41) is 12.5. The molecule has 1 aromatic heterocycles. The van der Waals surface area contributed by atoms with Crippen LogP contribution in [0.5, 0.6) is 0 Å². The molecule has 2 aromatic carbocycles. The van der Waals surface area contributed by atoms with Gasteiger partial charge in [0, 0.05) is 18.5 Å². The lowest BCUT2D eigenvalue weighted by Gasteiger charge is -2.35. The fourth-order valence-electron chi connectivity index (χ4n) is 3.79. The minimum Gasteiger partial charge on any atom is -0.467 e. The minimum atomic E-state index is -0.668. The van der Waals surface area contributed by atoms with E-state index in [-0.39, 0.29) is 12.5 Å². The lowest BCUT2D eigenvalue weighted by Crippen LogP contribution is -2.50. The normalized spacial score (nSPS) is 15.6. The molecular formula is C23H25N5O3. The molecule has 0 spiro atoms. The molecule has 31 heavy (non-hydrogen) atoms. The van der Waals surface area contributed by atoms with Crippen LogP contribution in [-0.2, 0) is 33.8 Å². The Labute approximate surface area is 180 Å². The summed E-state index contributed by atoms with van der Waals surface area (Å²) in [6, 6.07) is 15.1. The highest BCUT2D eigenvalue weighted by Gasteiger charge is 2.35. The number of nitrogens with zero attached hydrogens (tertiary/aromatic N) is 5. The zero-order valence-corrected chi connectivity index (χ0v) is 17.9. The topological polar surface area (TPSA) is 90.2 Å². The van der Waals surface area contributed by atoms with Crippen molar-refractivity contribution in [2.75, 3.05) is 7.11 Å². The van der Waals surface area contributed by atoms with Crippen LogP contribution < -0.4 is 0 Å². The van der Waals surface area contributed by atoms with Crippen molar-refractivity contribution in [2.45, 2.75) is 45.3 Å². The molecule has 1 aliphatic rings. The molecule has 8 nitrogen and oxygen atoms in total. The molecule has 0 saturated carbocycles. The van der Waals surface area contributed by atoms with Gasteiger partial charge in [0.15, 0.2) is 0 Å². The van der Waals surface area contributed by atoms with Gasteiger partial charge in [-0.3, -0.25) is 4.79 Å². The fraction of sp³-hybridized carbons (Fsp3) is 0.348. The number of hydrogen-bond donors (Lipinski definition) is 0. The number of carbonyl (C=O) groups is 2. The lowest BCUT2D eigenvalue weighted by molar-refractivity contribution is -0.154. The third kappa shape index (κ3) is 4.33. The second kappa shape index (κ2) is 8.67. The lowest BCUT2D eigenvalue weighted by atomic mass is 9.94. The maximum atomic E-state index is 13.1. The molecular weight excluding hydrogens is 394 g/mol. The van der Waals surface area contributed by atoms with Gasteiger partial charge in [-0.1, -0.05) is 62.4 Å². The summed E-state index contributed by atoms with van der Waals surface area (Å²) in [5.41, 5.74) is 4.13. The molecule has 2 heterocycles. The quantitative estimate of drug-likeness (QED) is 0.591. The van der Waals surface area contributed by atoms with Crippen LogP contribution in [0.25, 0.3) is 11.4 Å². The molecule has 0 bridgehead atoms. The highest BCUT2D eigenvalue weighted by molar-refractivity contribution is 5.85. The van der Waals surface area contributed by atoms with Crippen molar-refractivity contribution in [1.82, 2.24) is 25.1 Å². The molecule has 0 N–H and O–H groups in total. The number of rotatable bonds is 5. The van der Waals surface area contributed by atoms with Gasteiger partial charge in [-0.25, -0.2) is 4.79 Å². The van der Waals surface area contributed by atoms with Gasteiger partial charge >= 0.3 is 5.97 Å². The maximum Gasteiger partial charge on any atom is 0.328 e. The number of esters is 1. The van der Waals surface area contributed by atoms with Crippen molar-refractivity contribution in [2.24, 2.45) is 0 Å². The molecule has 1 amide bonds. The van der Waals surface area contributed by atoms with E-state index < -0.39 is 12.0 Å². The number of hydrogen-bond acceptors (Lipinski definition) is 6. The maximum absolute atomic E-state index is 13.1. The molecule has 0 aliphatic carbocycles. The third-order valence-corrected chi connectivity index (χ3v) is 5.61. The standard InChI is InChI=1S/C23H25N5O3/c1-15(2)16-8-10-17(11-9-16)22-24-26-28(25-22)14-21(29)27-13-19-7-5-4-6-18(19)12-20(27)23(30)31-3/h4-11,15,20H,12-14H2,1-3H3/t20-/m0/s1. The van der Waals surface area contributed by atoms with Crippen LogP contribution in [0.1, 0.15) is 36.5 Å². The van der Waals surface area contributed by atoms with E-state index in [9.17, 15) is 9.59 Å². The SMILES string of the molecule is COC(=O)[C@@H]1Cc2ccccc2CN1C(=O)Cn1nnc(-c2ccc(C(C)C)cc2)n1. The number of tetrazole rings is 1. The highest BCUT2D eigenvalue weighted by Crippen LogP contribution is 2.24. The predicted octanol–water partition coefficient (Wildman–Crippen LogP) is 2.59. The Kier molecular flexibility index (Phi) is 5.79. The van der Waals surface area contributed by atoms with Crippen molar-refractivity contribution in [3.8, 4) is 11.4 Å². The Morgan fingerprint density at radius 1 is 1.10 bits per heavy atom. The largest absolute Gasteiger partial charge is 0.467 e. The van der Waals surface area contributed by atoms with Crippen molar-refractivity contribution in [3.05, 3.63) is 65.2 Å². The first-order valence-corrected chi connectivity index (χ1v) is 10.3. The van der Waals surface area contributed by atoms with Gasteiger partial charge in [0.25, 0.3) is 0 Å². The Morgan fingerprint density at radius 2 is 1.81 bits per heavy atom. The predicted molar refractivity (Wildman–Crippen MR) is 114 cm³/mol. The first kappa shape index (κ1) is 20.7. The Hall–Kier alpha value is -3.55. The zero-order valence-electron chi connectivity index (χ0n) is 17.9. The third-order valence-electron chi connectivity index (χ3n) is 5.61. The first-order valence-electron chi connectivity index (χ1n) is 10.3. The Bertz CT molecular complexity index is 1090. The van der Waals surface area contributed by atoms with Crippen molar-refractivity contribution in [3.63, 3.8) is 0 Å². The van der Waals surface area contributed by atoms with Crippen LogP contribution >= 0.6 is 0 Å². The van der Waals surface area contributed by atoms with E-state index in [0.717, 1.165) is 16.7 Å². The molecule has 3 aromatic rings. The Balaban J connectivity index is 1.51. The van der Waals surface area contributed by atoms with Crippen molar-refractivity contribution in [1.29, 1.82) is 0 Å². The molecule has 160 valence electrons. The molecule has 0 fully saturated rings. The second-order valence-corrected chi connectivity index (χ2v) is 7.95. The fourth-order valence-corrected chi connectivity index (χ4v) is 3.79. The van der Waals surface area contributed by atoms with Gasteiger partial charge in [-0.05, 0) is 27.8 Å². The summed E-state index contributed by atoms with van der Waals surface area (Å²) in [6.07, 6.45) is 0.423. The van der Waals surface area contributed by atoms with E-state index in [1.165, 1.54) is 22.4 Å². The van der Waals surface area contributed by atoms with Gasteiger partial charge in [0.1, 0.15) is 12.6 Å². The summed E-state index contributed by atoms with van der Waals surface area (Å²) in [7, 11) is 1.33. The van der Waals surface area contributed by atoms with E-state index in [4.69, 9.17) is 4.74 Å². The van der Waals surface area contributed by atoms with E-state index in [1.807, 2.05) is 48.5 Å². The minimum absolute atomic E-state index is 0.104. The van der Waals surface area contributed by atoms with Crippen LogP contribution in [0.15, 0.2) is 48.5 Å². The summed E-state index contributed by atoms with van der Waals surface area (Å²) in [6.45, 7) is 4.51. The number of methoxy groups -OCH3 is 1. The van der Waals surface area contributed by atoms with E-state index in [0.29, 0.717) is 24.7 Å². The number of aromatic nitrogens is 4. The van der Waals surface area contributed by atoms with E-state index >= 15 is 0 Å². The van der Waals surface area contributed by atoms with Crippen LogP contribution in [0.2, 0.25) is 0 Å². The monoisotopic (exact) mass is 419 g/mol. The van der Waals surface area contributed by atoms with Gasteiger partial charge in [0.2, 0.25) is 11.7 Å². The van der Waals surface area contributed by atoms with Crippen molar-refractivity contribution >= 4 is 11.9 Å². The van der Waals surface area contributed by atoms with Gasteiger partial charge < -0.3 is 9.64 Å². The average molecular weight is 419 g/mol. The number of amides is 1. The summed E-state index contributed by atoms with van der Waals surface area (Å²) < 4.78 is 4.94. The number of fused-ring (bicyclic) bond motifs is 1. The smallest absolute Gasteiger partial charge is 0.328 e. The van der Waals surface area contributed by atoms with Crippen LogP contribution in [0.4, 0.5) is 0 Å². The zero-order chi connectivity index (χ0) is 22.0. The van der Waals surface area contributed by atoms with Crippen LogP contribution in [0.3, 0.4) is 0 Å². The van der Waals surface area contributed by atoms with Crippen LogP contribution in [-0.4, -0.2) is 50.1 Å². The summed E-state index contributed by atoms with van der Waals surface area (Å²) >= 11 is 0. The van der Waals surface area contributed by atoms with Crippen LogP contribution in [0, 0.1) is 0 Å². The average Bonchev–Trinajstić information content (AvgIpc) is 3.26. The molecule has 8 heteroatoms. The second-order valence-electron chi connectivity index (χ2n) is 7.95. The van der Waals surface area contributed by atoms with Gasteiger partial charge in [0.05, 0.1) is 7.11 Å². The van der Waals surface area contributed by atoms with Crippen molar-refractivity contribution < 1.29 is 14.3 Å². The molecule has 1 atom stereocenters. The summed E-state index contributed by atoms with van der Waals surface area (Å²) in [4.78, 5) is 28.2. The summed E-state index contributed by atoms with van der Waals surface area (Å²) in [5.74, 6) is 0.202. The van der Waals surface area contributed by atoms with E-state index in [2.05, 4.69) is 29.3 Å². The Morgan fingerprint density at radius 3 is 2.48 bits per heavy atom. The number of ether oxygens (including phenoxy) is 1. The number of benzene rings is 2. The number of carbonyl (C=O) groups excluding carboxylic acids is 2. The van der Waals surface area contributed by atoms with E-state index in [1.54, 1.807) is 0 Å². The highest BCUT2D eigenvalue weighted by atomic mass is 16.5. The molecule has 0 unspecified atom stereocenters. The molecule has 0 saturated heterocycles.